The van der Waals surface area contributed by atoms with Crippen LogP contribution in [0.3, 0.4) is 0 Å². The highest BCUT2D eigenvalue weighted by atomic mass is 16.2. The number of aryl methyl sites for hydroxylation is 3. The minimum Gasteiger partial charge on any atom is -0.345 e. The average molecular weight is 341 g/mol. The molecule has 0 bridgehead atoms. The smallest absolute Gasteiger partial charge is 0.319 e. The Morgan fingerprint density at radius 1 is 1.04 bits per heavy atom. The van der Waals surface area contributed by atoms with Crippen molar-refractivity contribution in [3.8, 4) is 0 Å². The number of rotatable bonds is 4. The van der Waals surface area contributed by atoms with Gasteiger partial charge in [-0.05, 0) is 50.6 Å². The predicted octanol–water partition coefficient (Wildman–Crippen LogP) is 2.43. The lowest BCUT2D eigenvalue weighted by Crippen LogP contribution is -2.29. The molecule has 7 nitrogen and oxygen atoms in total. The third-order valence-corrected chi connectivity index (χ3v) is 3.56. The summed E-state index contributed by atoms with van der Waals surface area (Å²) in [5, 5.41) is 5.51. The lowest BCUT2D eigenvalue weighted by atomic mass is 10.1. The van der Waals surface area contributed by atoms with Crippen molar-refractivity contribution in [2.24, 2.45) is 0 Å². The number of amides is 3. The maximum atomic E-state index is 12.1. The minimum atomic E-state index is -0.349. The summed E-state index contributed by atoms with van der Waals surface area (Å²) in [7, 11) is 3.40. The number of nitrogens with zero attached hydrogens (tertiary/aromatic N) is 3. The molecule has 1 aromatic heterocycles. The molecule has 0 radical (unpaired) electrons. The first kappa shape index (κ1) is 18.4. The molecular weight excluding hydrogens is 318 g/mol. The van der Waals surface area contributed by atoms with Crippen LogP contribution in [0.1, 0.15) is 33.1 Å². The van der Waals surface area contributed by atoms with Crippen molar-refractivity contribution in [3.63, 3.8) is 0 Å². The van der Waals surface area contributed by atoms with Crippen LogP contribution in [0.4, 0.5) is 10.5 Å². The lowest BCUT2D eigenvalue weighted by Gasteiger charge is -2.13. The summed E-state index contributed by atoms with van der Waals surface area (Å²) in [6, 6.07) is 6.70. The largest absolute Gasteiger partial charge is 0.345 e. The van der Waals surface area contributed by atoms with Crippen molar-refractivity contribution >= 4 is 17.6 Å². The van der Waals surface area contributed by atoms with E-state index in [1.807, 2.05) is 26.8 Å². The number of carbonyl (C=O) groups is 2. The molecule has 1 heterocycles. The molecule has 0 atom stereocenters. The molecule has 0 aliphatic carbocycles. The Kier molecular flexibility index (Phi) is 5.69. The zero-order valence-corrected chi connectivity index (χ0v) is 15.2. The third kappa shape index (κ3) is 5.00. The van der Waals surface area contributed by atoms with Gasteiger partial charge in [0.25, 0.3) is 5.91 Å². The number of hydrogen-bond donors (Lipinski definition) is 2. The van der Waals surface area contributed by atoms with Gasteiger partial charge in [0.15, 0.2) is 0 Å². The second kappa shape index (κ2) is 7.74. The Morgan fingerprint density at radius 3 is 2.24 bits per heavy atom. The van der Waals surface area contributed by atoms with Crippen LogP contribution in [0, 0.1) is 20.8 Å². The first-order chi connectivity index (χ1) is 11.8. The molecule has 0 saturated carbocycles. The molecule has 0 saturated heterocycles. The summed E-state index contributed by atoms with van der Waals surface area (Å²) in [5.41, 5.74) is 3.76. The Labute approximate surface area is 147 Å². The molecule has 0 spiro atoms. The van der Waals surface area contributed by atoms with E-state index in [4.69, 9.17) is 0 Å². The van der Waals surface area contributed by atoms with Gasteiger partial charge in [-0.25, -0.2) is 14.8 Å². The van der Waals surface area contributed by atoms with Crippen LogP contribution in [0.15, 0.2) is 24.3 Å². The third-order valence-electron chi connectivity index (χ3n) is 3.56. The van der Waals surface area contributed by atoms with E-state index in [1.54, 1.807) is 32.3 Å². The van der Waals surface area contributed by atoms with E-state index in [9.17, 15) is 9.59 Å². The highest BCUT2D eigenvalue weighted by Crippen LogP contribution is 2.17. The summed E-state index contributed by atoms with van der Waals surface area (Å²) in [4.78, 5) is 34.1. The zero-order valence-electron chi connectivity index (χ0n) is 15.2. The zero-order chi connectivity index (χ0) is 18.6. The van der Waals surface area contributed by atoms with Crippen LogP contribution in [-0.4, -0.2) is 40.9 Å². The summed E-state index contributed by atoms with van der Waals surface area (Å²) in [6.45, 7) is 5.86. The van der Waals surface area contributed by atoms with Crippen LogP contribution in [0.25, 0.3) is 0 Å². The molecule has 0 unspecified atom stereocenters. The number of nitrogens with one attached hydrogen (secondary N) is 2. The average Bonchev–Trinajstić information content (AvgIpc) is 2.53. The van der Waals surface area contributed by atoms with Gasteiger partial charge in [-0.15, -0.1) is 0 Å². The van der Waals surface area contributed by atoms with E-state index in [0.717, 1.165) is 17.0 Å². The molecule has 2 N–H and O–H groups in total. The minimum absolute atomic E-state index is 0.0777. The summed E-state index contributed by atoms with van der Waals surface area (Å²) in [5.74, 6) is 0.488. The monoisotopic (exact) mass is 341 g/mol. The molecule has 0 aliphatic heterocycles. The van der Waals surface area contributed by atoms with Crippen LogP contribution in [0.5, 0.6) is 0 Å². The van der Waals surface area contributed by atoms with E-state index in [-0.39, 0.29) is 18.5 Å². The maximum absolute atomic E-state index is 12.1. The van der Waals surface area contributed by atoms with Gasteiger partial charge in [0.2, 0.25) is 0 Å². The molecule has 0 fully saturated rings. The molecule has 7 heteroatoms. The van der Waals surface area contributed by atoms with Crippen molar-refractivity contribution in [1.29, 1.82) is 0 Å². The van der Waals surface area contributed by atoms with Crippen molar-refractivity contribution in [2.45, 2.75) is 27.3 Å². The molecule has 25 heavy (non-hydrogen) atoms. The van der Waals surface area contributed by atoms with Crippen LogP contribution in [-0.2, 0) is 6.54 Å². The second-order valence-corrected chi connectivity index (χ2v) is 6.10. The van der Waals surface area contributed by atoms with Gasteiger partial charge in [0, 0.05) is 36.7 Å². The fraction of sp³-hybridized carbons (Fsp3) is 0.333. The van der Waals surface area contributed by atoms with Gasteiger partial charge in [-0.3, -0.25) is 4.79 Å². The maximum Gasteiger partial charge on any atom is 0.319 e. The van der Waals surface area contributed by atoms with Crippen LogP contribution < -0.4 is 10.6 Å². The SMILES string of the molecule is Cc1cc(C)nc(CNC(=O)Nc2ccc(C(=O)N(C)C)cc2C)n1. The van der Waals surface area contributed by atoms with E-state index < -0.39 is 0 Å². The highest BCUT2D eigenvalue weighted by molar-refractivity contribution is 5.96. The molecule has 0 aliphatic rings. The normalized spacial score (nSPS) is 10.3. The molecule has 1 aromatic carbocycles. The summed E-state index contributed by atoms with van der Waals surface area (Å²) < 4.78 is 0. The van der Waals surface area contributed by atoms with E-state index in [0.29, 0.717) is 17.1 Å². The first-order valence-electron chi connectivity index (χ1n) is 7.94. The number of urea groups is 1. The van der Waals surface area contributed by atoms with Gasteiger partial charge < -0.3 is 15.5 Å². The fourth-order valence-electron chi connectivity index (χ4n) is 2.40. The van der Waals surface area contributed by atoms with Crippen molar-refractivity contribution in [2.75, 3.05) is 19.4 Å². The lowest BCUT2D eigenvalue weighted by molar-refractivity contribution is 0.0827. The summed E-state index contributed by atoms with van der Waals surface area (Å²) >= 11 is 0. The molecule has 132 valence electrons. The van der Waals surface area contributed by atoms with Crippen LogP contribution >= 0.6 is 0 Å². The number of aromatic nitrogens is 2. The van der Waals surface area contributed by atoms with Gasteiger partial charge in [0.1, 0.15) is 5.82 Å². The fourth-order valence-corrected chi connectivity index (χ4v) is 2.40. The Balaban J connectivity index is 1.99. The molecule has 3 amide bonds. The topological polar surface area (TPSA) is 87.2 Å². The van der Waals surface area contributed by atoms with E-state index in [2.05, 4.69) is 20.6 Å². The van der Waals surface area contributed by atoms with Gasteiger partial charge in [-0.1, -0.05) is 0 Å². The predicted molar refractivity (Wildman–Crippen MR) is 96.6 cm³/mol. The quantitative estimate of drug-likeness (QED) is 0.894. The second-order valence-electron chi connectivity index (χ2n) is 6.10. The Hall–Kier alpha value is -2.96. The molecule has 2 rings (SSSR count). The van der Waals surface area contributed by atoms with Gasteiger partial charge >= 0.3 is 6.03 Å². The van der Waals surface area contributed by atoms with Gasteiger partial charge in [0.05, 0.1) is 6.54 Å². The number of benzene rings is 1. The Morgan fingerprint density at radius 2 is 1.68 bits per heavy atom. The standard InChI is InChI=1S/C18H23N5O2/c1-11-8-14(17(24)23(4)5)6-7-15(11)22-18(25)19-10-16-20-12(2)9-13(3)21-16/h6-9H,10H2,1-5H3,(H2,19,22,25). The molecular formula is C18H23N5O2. The summed E-state index contributed by atoms with van der Waals surface area (Å²) in [6.07, 6.45) is 0. The van der Waals surface area contributed by atoms with Crippen molar-refractivity contribution in [1.82, 2.24) is 20.2 Å². The number of hydrogen-bond acceptors (Lipinski definition) is 4. The molecule has 2 aromatic rings. The van der Waals surface area contributed by atoms with E-state index >= 15 is 0 Å². The number of carbonyl (C=O) groups excluding carboxylic acids is 2. The van der Waals surface area contributed by atoms with Crippen LogP contribution in [0.2, 0.25) is 0 Å². The number of anilines is 1. The van der Waals surface area contributed by atoms with E-state index in [1.165, 1.54) is 4.90 Å². The first-order valence-corrected chi connectivity index (χ1v) is 7.94. The highest BCUT2D eigenvalue weighted by Gasteiger charge is 2.11. The van der Waals surface area contributed by atoms with Crippen molar-refractivity contribution in [3.05, 3.63) is 52.6 Å². The van der Waals surface area contributed by atoms with Gasteiger partial charge in [-0.2, -0.15) is 0 Å². The van der Waals surface area contributed by atoms with Crippen molar-refractivity contribution < 1.29 is 9.59 Å². The Bertz CT molecular complexity index is 782.